The molecule has 0 radical (unpaired) electrons. The van der Waals surface area contributed by atoms with E-state index < -0.39 is 0 Å². The molecule has 0 bridgehead atoms. The van der Waals surface area contributed by atoms with E-state index in [-0.39, 0.29) is 5.91 Å². The molecule has 6 heteroatoms. The zero-order valence-electron chi connectivity index (χ0n) is 9.20. The lowest BCUT2D eigenvalue weighted by atomic mass is 10.1. The first-order valence-corrected chi connectivity index (χ1v) is 5.69. The first-order valence-electron chi connectivity index (χ1n) is 5.32. The minimum absolute atomic E-state index is 0.157. The van der Waals surface area contributed by atoms with Crippen LogP contribution in [0.3, 0.4) is 0 Å². The Hall–Kier alpha value is -2.27. The van der Waals surface area contributed by atoms with Crippen molar-refractivity contribution in [2.75, 3.05) is 10.6 Å². The summed E-state index contributed by atoms with van der Waals surface area (Å²) in [6.45, 7) is 0. The maximum Gasteiger partial charge on any atom is 0.257 e. The molecule has 0 aliphatic carbocycles. The predicted molar refractivity (Wildman–Crippen MR) is 70.3 cm³/mol. The second-order valence-electron chi connectivity index (χ2n) is 3.81. The molecule has 90 valence electrons. The molecule has 18 heavy (non-hydrogen) atoms. The highest BCUT2D eigenvalue weighted by Gasteiger charge is 2.24. The number of fused-ring (bicyclic) bond motifs is 1. The average Bonchev–Trinajstić information content (AvgIpc) is 2.94. The van der Waals surface area contributed by atoms with Gasteiger partial charge in [-0.05, 0) is 18.2 Å². The van der Waals surface area contributed by atoms with Gasteiger partial charge in [0, 0.05) is 34.7 Å². The van der Waals surface area contributed by atoms with Gasteiger partial charge in [0.15, 0.2) is 5.82 Å². The maximum atomic E-state index is 11.8. The van der Waals surface area contributed by atoms with Crippen molar-refractivity contribution < 1.29 is 4.79 Å². The molecule has 1 aliphatic rings. The molecule has 5 nitrogen and oxygen atoms in total. The fourth-order valence-corrected chi connectivity index (χ4v) is 1.96. The van der Waals surface area contributed by atoms with Crippen molar-refractivity contribution >= 4 is 34.6 Å². The summed E-state index contributed by atoms with van der Waals surface area (Å²) in [4.78, 5) is 11.8. The van der Waals surface area contributed by atoms with Crippen molar-refractivity contribution in [3.05, 3.63) is 47.2 Å². The summed E-state index contributed by atoms with van der Waals surface area (Å²) < 4.78 is 0. The molecule has 1 aromatic carbocycles. The van der Waals surface area contributed by atoms with E-state index in [1.807, 2.05) is 0 Å². The van der Waals surface area contributed by atoms with Crippen molar-refractivity contribution in [1.82, 2.24) is 10.2 Å². The van der Waals surface area contributed by atoms with Gasteiger partial charge in [0.1, 0.15) is 0 Å². The Labute approximate surface area is 108 Å². The SMILES string of the molecule is O=C1Nc2ccc(Cl)cc2/C1=C\Nc1cc[nH]n1. The fourth-order valence-electron chi connectivity index (χ4n) is 1.79. The van der Waals surface area contributed by atoms with Crippen LogP contribution in [0.5, 0.6) is 0 Å². The number of halogens is 1. The van der Waals surface area contributed by atoms with Gasteiger partial charge >= 0.3 is 0 Å². The van der Waals surface area contributed by atoms with E-state index in [9.17, 15) is 4.79 Å². The number of aromatic nitrogens is 2. The van der Waals surface area contributed by atoms with Crippen molar-refractivity contribution in [3.8, 4) is 0 Å². The van der Waals surface area contributed by atoms with E-state index in [2.05, 4.69) is 20.8 Å². The lowest BCUT2D eigenvalue weighted by Crippen LogP contribution is -2.05. The van der Waals surface area contributed by atoms with Crippen molar-refractivity contribution in [2.45, 2.75) is 0 Å². The maximum absolute atomic E-state index is 11.8. The molecule has 2 heterocycles. The van der Waals surface area contributed by atoms with E-state index in [4.69, 9.17) is 11.6 Å². The molecule has 1 amide bonds. The van der Waals surface area contributed by atoms with Crippen LogP contribution < -0.4 is 10.6 Å². The van der Waals surface area contributed by atoms with Crippen LogP contribution in [0.4, 0.5) is 11.5 Å². The Morgan fingerprint density at radius 3 is 3.00 bits per heavy atom. The van der Waals surface area contributed by atoms with Gasteiger partial charge in [-0.25, -0.2) is 0 Å². The average molecular weight is 261 g/mol. The zero-order chi connectivity index (χ0) is 12.5. The summed E-state index contributed by atoms with van der Waals surface area (Å²) >= 11 is 5.93. The third kappa shape index (κ3) is 1.84. The Morgan fingerprint density at radius 2 is 2.22 bits per heavy atom. The number of nitrogens with zero attached hydrogens (tertiary/aromatic N) is 1. The first kappa shape index (κ1) is 10.9. The van der Waals surface area contributed by atoms with Gasteiger partial charge in [0.2, 0.25) is 0 Å². The normalized spacial score (nSPS) is 15.6. The summed E-state index contributed by atoms with van der Waals surface area (Å²) in [7, 11) is 0. The number of hydrogen-bond donors (Lipinski definition) is 3. The minimum Gasteiger partial charge on any atom is -0.344 e. The smallest absolute Gasteiger partial charge is 0.257 e. The molecule has 2 aromatic rings. The number of hydrogen-bond acceptors (Lipinski definition) is 3. The number of carbonyl (C=O) groups excluding carboxylic acids is 1. The number of rotatable bonds is 2. The zero-order valence-corrected chi connectivity index (χ0v) is 9.95. The number of benzene rings is 1. The lowest BCUT2D eigenvalue weighted by molar-refractivity contribution is -0.110. The van der Waals surface area contributed by atoms with Crippen LogP contribution in [0.25, 0.3) is 5.57 Å². The summed E-state index contributed by atoms with van der Waals surface area (Å²) in [6.07, 6.45) is 3.31. The van der Waals surface area contributed by atoms with Crippen LogP contribution in [-0.4, -0.2) is 16.1 Å². The number of nitrogens with one attached hydrogen (secondary N) is 3. The van der Waals surface area contributed by atoms with Crippen molar-refractivity contribution in [3.63, 3.8) is 0 Å². The highest BCUT2D eigenvalue weighted by molar-refractivity contribution is 6.34. The second kappa shape index (κ2) is 4.19. The minimum atomic E-state index is -0.157. The van der Waals surface area contributed by atoms with Gasteiger partial charge in [-0.1, -0.05) is 11.6 Å². The Balaban J connectivity index is 1.95. The Bertz CT molecular complexity index is 634. The topological polar surface area (TPSA) is 69.8 Å². The number of amides is 1. The van der Waals surface area contributed by atoms with E-state index in [0.29, 0.717) is 16.4 Å². The van der Waals surface area contributed by atoms with Crippen LogP contribution in [0, 0.1) is 0 Å². The Kier molecular flexibility index (Phi) is 2.53. The van der Waals surface area contributed by atoms with Crippen LogP contribution >= 0.6 is 11.6 Å². The van der Waals surface area contributed by atoms with Crippen LogP contribution in [0.1, 0.15) is 5.56 Å². The molecule has 0 fully saturated rings. The van der Waals surface area contributed by atoms with Crippen LogP contribution in [0.15, 0.2) is 36.7 Å². The molecule has 1 aromatic heterocycles. The van der Waals surface area contributed by atoms with Gasteiger partial charge in [0.05, 0.1) is 5.57 Å². The first-order chi connectivity index (χ1) is 8.74. The van der Waals surface area contributed by atoms with Crippen molar-refractivity contribution in [1.29, 1.82) is 0 Å². The highest BCUT2D eigenvalue weighted by Crippen LogP contribution is 2.33. The Morgan fingerprint density at radius 1 is 1.33 bits per heavy atom. The van der Waals surface area contributed by atoms with Crippen molar-refractivity contribution in [2.24, 2.45) is 0 Å². The van der Waals surface area contributed by atoms with E-state index >= 15 is 0 Å². The molecule has 0 atom stereocenters. The van der Waals surface area contributed by atoms with Gasteiger partial charge in [-0.3, -0.25) is 9.89 Å². The number of anilines is 2. The molecular formula is C12H9ClN4O. The van der Waals surface area contributed by atoms with Gasteiger partial charge < -0.3 is 10.6 Å². The van der Waals surface area contributed by atoms with E-state index in [0.717, 1.165) is 11.3 Å². The third-order valence-electron chi connectivity index (χ3n) is 2.63. The van der Waals surface area contributed by atoms with Crippen LogP contribution in [-0.2, 0) is 4.79 Å². The molecular weight excluding hydrogens is 252 g/mol. The molecule has 3 rings (SSSR count). The standard InChI is InChI=1S/C12H9ClN4O/c13-7-1-2-10-8(5-7)9(12(18)16-10)6-14-11-3-4-15-17-11/h1-6H,(H,16,18)(H2,14,15,17)/b9-6+. The van der Waals surface area contributed by atoms with E-state index in [1.54, 1.807) is 36.7 Å². The van der Waals surface area contributed by atoms with Gasteiger partial charge in [-0.15, -0.1) is 0 Å². The second-order valence-corrected chi connectivity index (χ2v) is 4.24. The number of carbonyl (C=O) groups is 1. The quantitative estimate of drug-likeness (QED) is 0.727. The van der Waals surface area contributed by atoms with Gasteiger partial charge in [-0.2, -0.15) is 5.10 Å². The highest BCUT2D eigenvalue weighted by atomic mass is 35.5. The number of H-pyrrole nitrogens is 1. The fraction of sp³-hybridized carbons (Fsp3) is 0. The molecule has 3 N–H and O–H groups in total. The molecule has 0 saturated carbocycles. The third-order valence-corrected chi connectivity index (χ3v) is 2.86. The number of aromatic amines is 1. The van der Waals surface area contributed by atoms with E-state index in [1.165, 1.54) is 0 Å². The predicted octanol–water partition coefficient (Wildman–Crippen LogP) is 2.47. The monoisotopic (exact) mass is 260 g/mol. The summed E-state index contributed by atoms with van der Waals surface area (Å²) in [5.74, 6) is 0.487. The summed E-state index contributed by atoms with van der Waals surface area (Å²) in [5.41, 5.74) is 2.09. The summed E-state index contributed by atoms with van der Waals surface area (Å²) in [5, 5.41) is 12.9. The molecule has 0 spiro atoms. The molecule has 0 saturated heterocycles. The lowest BCUT2D eigenvalue weighted by Gasteiger charge is -1.99. The molecule has 1 aliphatic heterocycles. The largest absolute Gasteiger partial charge is 0.344 e. The van der Waals surface area contributed by atoms with Crippen LogP contribution in [0.2, 0.25) is 5.02 Å². The van der Waals surface area contributed by atoms with Gasteiger partial charge in [0.25, 0.3) is 5.91 Å². The summed E-state index contributed by atoms with van der Waals surface area (Å²) in [6, 6.07) is 7.05. The molecule has 0 unspecified atom stereocenters.